The standard InChI is InChI=1S/C26H35ClN4O4S/c1-20(26(33)28-23-13-6-4-7-14-23)30(18-21-11-10-12-22(27)17-21)25(32)19-31(36(34,35)29(2)3)24-15-8-5-9-16-24/h5,8-12,15-17,20,23H,4,6-7,13-14,18-19H2,1-3H3,(H,28,33)/t20-/m0/s1. The van der Waals surface area contributed by atoms with Crippen molar-refractivity contribution in [2.24, 2.45) is 0 Å². The van der Waals surface area contributed by atoms with Gasteiger partial charge in [-0.1, -0.05) is 61.2 Å². The number of halogens is 1. The minimum atomic E-state index is -3.97. The topological polar surface area (TPSA) is 90.0 Å². The summed E-state index contributed by atoms with van der Waals surface area (Å²) < 4.78 is 28.4. The van der Waals surface area contributed by atoms with Crippen molar-refractivity contribution in [2.45, 2.75) is 57.7 Å². The number of hydrogen-bond acceptors (Lipinski definition) is 4. The molecule has 1 atom stereocenters. The lowest BCUT2D eigenvalue weighted by atomic mass is 9.95. The van der Waals surface area contributed by atoms with Crippen molar-refractivity contribution < 1.29 is 18.0 Å². The molecule has 0 spiro atoms. The normalized spacial score (nSPS) is 15.4. The van der Waals surface area contributed by atoms with Crippen molar-refractivity contribution >= 4 is 39.3 Å². The van der Waals surface area contributed by atoms with Crippen molar-refractivity contribution in [3.63, 3.8) is 0 Å². The van der Waals surface area contributed by atoms with Gasteiger partial charge in [-0.2, -0.15) is 12.7 Å². The Bertz CT molecular complexity index is 1140. The van der Waals surface area contributed by atoms with E-state index < -0.39 is 28.7 Å². The molecule has 0 radical (unpaired) electrons. The number of carbonyl (C=O) groups excluding carboxylic acids is 2. The Morgan fingerprint density at radius 1 is 1.03 bits per heavy atom. The second kappa shape index (κ2) is 12.6. The van der Waals surface area contributed by atoms with Crippen LogP contribution in [0.15, 0.2) is 54.6 Å². The maximum atomic E-state index is 13.7. The second-order valence-corrected chi connectivity index (χ2v) is 11.8. The molecule has 0 bridgehead atoms. The monoisotopic (exact) mass is 534 g/mol. The second-order valence-electron chi connectivity index (χ2n) is 9.30. The highest BCUT2D eigenvalue weighted by molar-refractivity contribution is 7.90. The Morgan fingerprint density at radius 3 is 2.31 bits per heavy atom. The van der Waals surface area contributed by atoms with Gasteiger partial charge < -0.3 is 10.2 Å². The van der Waals surface area contributed by atoms with Crippen LogP contribution in [0, 0.1) is 0 Å². The Labute approximate surface area is 219 Å². The molecule has 0 saturated heterocycles. The lowest BCUT2D eigenvalue weighted by Gasteiger charge is -2.34. The first-order chi connectivity index (χ1) is 17.1. The Hall–Kier alpha value is -2.62. The lowest BCUT2D eigenvalue weighted by molar-refractivity contribution is -0.139. The zero-order valence-electron chi connectivity index (χ0n) is 21.1. The fourth-order valence-electron chi connectivity index (χ4n) is 4.29. The molecule has 1 saturated carbocycles. The quantitative estimate of drug-likeness (QED) is 0.502. The largest absolute Gasteiger partial charge is 0.352 e. The summed E-state index contributed by atoms with van der Waals surface area (Å²) in [6.45, 7) is 1.34. The third kappa shape index (κ3) is 7.21. The maximum absolute atomic E-state index is 13.7. The molecule has 36 heavy (non-hydrogen) atoms. The van der Waals surface area contributed by atoms with Crippen molar-refractivity contribution in [3.8, 4) is 0 Å². The van der Waals surface area contributed by atoms with E-state index in [2.05, 4.69) is 5.32 Å². The molecule has 0 aliphatic heterocycles. The first-order valence-electron chi connectivity index (χ1n) is 12.2. The van der Waals surface area contributed by atoms with Gasteiger partial charge in [-0.25, -0.2) is 4.31 Å². The number of nitrogens with one attached hydrogen (secondary N) is 1. The minimum absolute atomic E-state index is 0.0896. The minimum Gasteiger partial charge on any atom is -0.352 e. The number of rotatable bonds is 10. The summed E-state index contributed by atoms with van der Waals surface area (Å²) in [5.41, 5.74) is 1.11. The van der Waals surface area contributed by atoms with Gasteiger partial charge in [-0.3, -0.25) is 9.59 Å². The summed E-state index contributed by atoms with van der Waals surface area (Å²) in [5.74, 6) is -0.741. The van der Waals surface area contributed by atoms with E-state index in [0.29, 0.717) is 10.7 Å². The van der Waals surface area contributed by atoms with Gasteiger partial charge in [0.1, 0.15) is 12.6 Å². The fourth-order valence-corrected chi connectivity index (χ4v) is 5.56. The molecule has 0 heterocycles. The van der Waals surface area contributed by atoms with Crippen LogP contribution >= 0.6 is 11.6 Å². The van der Waals surface area contributed by atoms with Crippen LogP contribution in [0.5, 0.6) is 0 Å². The van der Waals surface area contributed by atoms with Crippen molar-refractivity contribution in [3.05, 3.63) is 65.2 Å². The van der Waals surface area contributed by atoms with Gasteiger partial charge in [0.05, 0.1) is 5.69 Å². The van der Waals surface area contributed by atoms with Crippen LogP contribution in [0.1, 0.15) is 44.6 Å². The molecule has 1 aliphatic carbocycles. The van der Waals surface area contributed by atoms with Gasteiger partial charge in [0.2, 0.25) is 11.8 Å². The number of nitrogens with zero attached hydrogens (tertiary/aromatic N) is 3. The molecule has 8 nitrogen and oxygen atoms in total. The van der Waals surface area contributed by atoms with Crippen molar-refractivity contribution in [1.29, 1.82) is 0 Å². The predicted molar refractivity (Wildman–Crippen MR) is 143 cm³/mol. The van der Waals surface area contributed by atoms with Crippen molar-refractivity contribution in [1.82, 2.24) is 14.5 Å². The predicted octanol–water partition coefficient (Wildman–Crippen LogP) is 3.82. The molecule has 2 aromatic rings. The van der Waals surface area contributed by atoms with E-state index in [9.17, 15) is 18.0 Å². The summed E-state index contributed by atoms with van der Waals surface area (Å²) in [6, 6.07) is 14.8. The average molecular weight is 535 g/mol. The van der Waals surface area contributed by atoms with Crippen LogP contribution in [-0.2, 0) is 26.3 Å². The molecule has 3 rings (SSSR count). The molecule has 1 N–H and O–H groups in total. The van der Waals surface area contributed by atoms with E-state index >= 15 is 0 Å². The first kappa shape index (κ1) is 28.0. The summed E-state index contributed by atoms with van der Waals surface area (Å²) >= 11 is 6.16. The van der Waals surface area contributed by atoms with E-state index in [0.717, 1.165) is 46.3 Å². The first-order valence-corrected chi connectivity index (χ1v) is 14.0. The van der Waals surface area contributed by atoms with Gasteiger partial charge in [-0.05, 0) is 49.6 Å². The molecule has 2 amide bonds. The van der Waals surface area contributed by atoms with E-state index in [-0.39, 0.29) is 18.5 Å². The zero-order chi connectivity index (χ0) is 26.3. The summed E-state index contributed by atoms with van der Waals surface area (Å²) in [5, 5.41) is 3.60. The Kier molecular flexibility index (Phi) is 9.76. The van der Waals surface area contributed by atoms with E-state index in [1.54, 1.807) is 55.5 Å². The number of para-hydroxylation sites is 1. The molecular formula is C26H35ClN4O4S. The SMILES string of the molecule is C[C@@H](C(=O)NC1CCCCC1)N(Cc1cccc(Cl)c1)C(=O)CN(c1ccccc1)S(=O)(=O)N(C)C. The van der Waals surface area contributed by atoms with Gasteiger partial charge in [0.15, 0.2) is 0 Å². The van der Waals surface area contributed by atoms with Crippen LogP contribution in [0.3, 0.4) is 0 Å². The van der Waals surface area contributed by atoms with E-state index in [4.69, 9.17) is 11.6 Å². The molecule has 1 aliphatic rings. The molecule has 0 aromatic heterocycles. The molecule has 1 fully saturated rings. The van der Waals surface area contributed by atoms with Gasteiger partial charge in [0, 0.05) is 31.7 Å². The number of hydrogen-bond donors (Lipinski definition) is 1. The highest BCUT2D eigenvalue weighted by Crippen LogP contribution is 2.22. The Morgan fingerprint density at radius 2 is 1.69 bits per heavy atom. The smallest absolute Gasteiger partial charge is 0.304 e. The Balaban J connectivity index is 1.89. The third-order valence-electron chi connectivity index (χ3n) is 6.42. The van der Waals surface area contributed by atoms with Gasteiger partial charge in [-0.15, -0.1) is 0 Å². The fraction of sp³-hybridized carbons (Fsp3) is 0.462. The van der Waals surface area contributed by atoms with Crippen LogP contribution in [-0.4, -0.2) is 62.2 Å². The highest BCUT2D eigenvalue weighted by atomic mass is 35.5. The number of amides is 2. The van der Waals surface area contributed by atoms with E-state index in [1.807, 2.05) is 6.07 Å². The van der Waals surface area contributed by atoms with Gasteiger partial charge in [0.25, 0.3) is 0 Å². The highest BCUT2D eigenvalue weighted by Gasteiger charge is 2.33. The molecule has 2 aromatic carbocycles. The zero-order valence-corrected chi connectivity index (χ0v) is 22.6. The van der Waals surface area contributed by atoms with Crippen LogP contribution in [0.4, 0.5) is 5.69 Å². The van der Waals surface area contributed by atoms with Crippen molar-refractivity contribution in [2.75, 3.05) is 24.9 Å². The number of carbonyl (C=O) groups is 2. The van der Waals surface area contributed by atoms with Crippen LogP contribution in [0.2, 0.25) is 5.02 Å². The van der Waals surface area contributed by atoms with E-state index in [1.165, 1.54) is 19.0 Å². The average Bonchev–Trinajstić information content (AvgIpc) is 2.86. The molecule has 0 unspecified atom stereocenters. The molecule has 10 heteroatoms. The summed E-state index contributed by atoms with van der Waals surface area (Å²) in [4.78, 5) is 28.3. The summed E-state index contributed by atoms with van der Waals surface area (Å²) in [6.07, 6.45) is 5.14. The molecule has 196 valence electrons. The maximum Gasteiger partial charge on any atom is 0.304 e. The van der Waals surface area contributed by atoms with Crippen LogP contribution < -0.4 is 9.62 Å². The third-order valence-corrected chi connectivity index (χ3v) is 8.48. The molecular weight excluding hydrogens is 500 g/mol. The van der Waals surface area contributed by atoms with Gasteiger partial charge >= 0.3 is 10.2 Å². The summed E-state index contributed by atoms with van der Waals surface area (Å²) in [7, 11) is -1.14. The number of anilines is 1. The number of benzene rings is 2. The lowest BCUT2D eigenvalue weighted by Crippen LogP contribution is -2.53. The van der Waals surface area contributed by atoms with Crippen LogP contribution in [0.25, 0.3) is 0 Å².